The SMILES string of the molecule is CC(C)=CC1C(C(=O)Nc2ccc(S(=O)(=O)N(C)C(C)C)cc2)C1(C)C. The quantitative estimate of drug-likeness (QED) is 0.764. The van der Waals surface area contributed by atoms with Crippen molar-refractivity contribution in [3.8, 4) is 0 Å². The second-order valence-electron chi connectivity index (χ2n) is 8.20. The molecule has 1 amide bonds. The number of hydrogen-bond acceptors (Lipinski definition) is 3. The molecule has 6 heteroatoms. The van der Waals surface area contributed by atoms with Gasteiger partial charge < -0.3 is 5.32 Å². The fourth-order valence-electron chi connectivity index (χ4n) is 3.22. The van der Waals surface area contributed by atoms with E-state index in [0.717, 1.165) is 0 Å². The summed E-state index contributed by atoms with van der Waals surface area (Å²) in [6, 6.07) is 6.24. The lowest BCUT2D eigenvalue weighted by molar-refractivity contribution is -0.118. The second kappa shape index (κ2) is 7.16. The van der Waals surface area contributed by atoms with Crippen LogP contribution in [0.3, 0.4) is 0 Å². The number of carbonyl (C=O) groups excluding carboxylic acids is 1. The first-order valence-corrected chi connectivity index (χ1v) is 10.4. The summed E-state index contributed by atoms with van der Waals surface area (Å²) >= 11 is 0. The van der Waals surface area contributed by atoms with Gasteiger partial charge in [-0.05, 0) is 63.3 Å². The molecular formula is C20H30N2O3S. The maximum absolute atomic E-state index is 12.6. The molecule has 0 aliphatic heterocycles. The Morgan fingerprint density at radius 1 is 1.19 bits per heavy atom. The maximum Gasteiger partial charge on any atom is 0.243 e. The largest absolute Gasteiger partial charge is 0.326 e. The Labute approximate surface area is 157 Å². The highest BCUT2D eigenvalue weighted by Gasteiger charge is 2.60. The van der Waals surface area contributed by atoms with Gasteiger partial charge in [-0.3, -0.25) is 4.79 Å². The van der Waals surface area contributed by atoms with Gasteiger partial charge in [0.1, 0.15) is 0 Å². The lowest BCUT2D eigenvalue weighted by Crippen LogP contribution is -2.33. The predicted octanol–water partition coefficient (Wildman–Crippen LogP) is 3.89. The number of hydrogen-bond donors (Lipinski definition) is 1. The van der Waals surface area contributed by atoms with E-state index in [1.807, 2.05) is 27.7 Å². The Morgan fingerprint density at radius 2 is 1.73 bits per heavy atom. The van der Waals surface area contributed by atoms with Crippen molar-refractivity contribution in [1.29, 1.82) is 0 Å². The normalized spacial score (nSPS) is 21.6. The molecule has 2 rings (SSSR count). The topological polar surface area (TPSA) is 66.5 Å². The van der Waals surface area contributed by atoms with E-state index in [1.54, 1.807) is 19.2 Å². The van der Waals surface area contributed by atoms with Gasteiger partial charge in [0, 0.05) is 18.8 Å². The first-order chi connectivity index (χ1) is 11.9. The minimum absolute atomic E-state index is 0.0209. The molecule has 1 N–H and O–H groups in total. The molecule has 2 unspecified atom stereocenters. The number of amides is 1. The first-order valence-electron chi connectivity index (χ1n) is 8.93. The molecule has 144 valence electrons. The van der Waals surface area contributed by atoms with Crippen LogP contribution in [-0.2, 0) is 14.8 Å². The molecule has 5 nitrogen and oxygen atoms in total. The summed E-state index contributed by atoms with van der Waals surface area (Å²) in [6.07, 6.45) is 2.15. The number of nitrogens with one attached hydrogen (secondary N) is 1. The van der Waals surface area contributed by atoms with Crippen molar-refractivity contribution in [2.75, 3.05) is 12.4 Å². The summed E-state index contributed by atoms with van der Waals surface area (Å²) in [7, 11) is -1.95. The molecule has 1 aromatic carbocycles. The standard InChI is InChI=1S/C20H30N2O3S/c1-13(2)12-17-18(20(17,5)6)19(23)21-15-8-10-16(11-9-15)26(24,25)22(7)14(3)4/h8-12,14,17-18H,1-7H3,(H,21,23). The molecule has 0 saturated heterocycles. The summed E-state index contributed by atoms with van der Waals surface area (Å²) < 4.78 is 26.3. The minimum Gasteiger partial charge on any atom is -0.326 e. The van der Waals surface area contributed by atoms with E-state index in [2.05, 4.69) is 25.2 Å². The van der Waals surface area contributed by atoms with Crippen molar-refractivity contribution in [3.63, 3.8) is 0 Å². The van der Waals surface area contributed by atoms with E-state index < -0.39 is 10.0 Å². The van der Waals surface area contributed by atoms with Crippen LogP contribution in [0.5, 0.6) is 0 Å². The number of carbonyl (C=O) groups is 1. The van der Waals surface area contributed by atoms with E-state index in [0.29, 0.717) is 5.69 Å². The summed E-state index contributed by atoms with van der Waals surface area (Å²) in [5.74, 6) is 0.159. The highest BCUT2D eigenvalue weighted by Crippen LogP contribution is 2.59. The fraction of sp³-hybridized carbons (Fsp3) is 0.550. The average molecular weight is 379 g/mol. The van der Waals surface area contributed by atoms with Crippen molar-refractivity contribution < 1.29 is 13.2 Å². The highest BCUT2D eigenvalue weighted by molar-refractivity contribution is 7.89. The Hall–Kier alpha value is -1.66. The van der Waals surface area contributed by atoms with Gasteiger partial charge in [0.15, 0.2) is 0 Å². The van der Waals surface area contributed by atoms with Gasteiger partial charge in [0.05, 0.1) is 10.8 Å². The second-order valence-corrected chi connectivity index (χ2v) is 10.2. The Kier molecular flexibility index (Phi) is 5.69. The molecule has 1 fully saturated rings. The third kappa shape index (κ3) is 4.01. The van der Waals surface area contributed by atoms with Gasteiger partial charge in [-0.15, -0.1) is 0 Å². The molecule has 0 bridgehead atoms. The molecule has 26 heavy (non-hydrogen) atoms. The molecule has 1 aliphatic rings. The molecule has 1 saturated carbocycles. The van der Waals surface area contributed by atoms with Crippen LogP contribution >= 0.6 is 0 Å². The van der Waals surface area contributed by atoms with Crippen LogP contribution in [0.15, 0.2) is 40.8 Å². The number of nitrogens with zero attached hydrogens (tertiary/aromatic N) is 1. The number of allylic oxidation sites excluding steroid dienone is 2. The molecule has 0 spiro atoms. The highest BCUT2D eigenvalue weighted by atomic mass is 32.2. The van der Waals surface area contributed by atoms with Gasteiger partial charge in [-0.1, -0.05) is 25.5 Å². The monoisotopic (exact) mass is 378 g/mol. The first kappa shape index (κ1) is 20.6. The van der Waals surface area contributed by atoms with Crippen LogP contribution in [0.2, 0.25) is 0 Å². The lowest BCUT2D eigenvalue weighted by Gasteiger charge is -2.21. The summed E-state index contributed by atoms with van der Waals surface area (Å²) in [4.78, 5) is 12.8. The van der Waals surface area contributed by atoms with E-state index >= 15 is 0 Å². The molecule has 1 aliphatic carbocycles. The third-order valence-corrected chi connectivity index (χ3v) is 7.28. The van der Waals surface area contributed by atoms with Gasteiger partial charge in [0.2, 0.25) is 15.9 Å². The number of benzene rings is 1. The Morgan fingerprint density at radius 3 is 2.19 bits per heavy atom. The van der Waals surface area contributed by atoms with Crippen LogP contribution in [0, 0.1) is 17.3 Å². The Balaban J connectivity index is 2.11. The zero-order valence-corrected chi connectivity index (χ0v) is 17.5. The van der Waals surface area contributed by atoms with Crippen LogP contribution in [0.25, 0.3) is 0 Å². The number of sulfonamides is 1. The van der Waals surface area contributed by atoms with E-state index in [4.69, 9.17) is 0 Å². The minimum atomic E-state index is -3.52. The van der Waals surface area contributed by atoms with Gasteiger partial charge in [-0.2, -0.15) is 4.31 Å². The molecule has 0 heterocycles. The number of rotatable bonds is 6. The zero-order chi connectivity index (χ0) is 19.9. The smallest absolute Gasteiger partial charge is 0.243 e. The van der Waals surface area contributed by atoms with E-state index in [1.165, 1.54) is 22.0 Å². The van der Waals surface area contributed by atoms with Gasteiger partial charge >= 0.3 is 0 Å². The molecule has 0 radical (unpaired) electrons. The van der Waals surface area contributed by atoms with Crippen molar-refractivity contribution in [2.24, 2.45) is 17.3 Å². The van der Waals surface area contributed by atoms with Crippen molar-refractivity contribution >= 4 is 21.6 Å². The van der Waals surface area contributed by atoms with Gasteiger partial charge in [0.25, 0.3) is 0 Å². The van der Waals surface area contributed by atoms with Crippen LogP contribution < -0.4 is 5.32 Å². The predicted molar refractivity (Wildman–Crippen MR) is 105 cm³/mol. The fourth-order valence-corrected chi connectivity index (χ4v) is 4.59. The third-order valence-electron chi connectivity index (χ3n) is 5.23. The van der Waals surface area contributed by atoms with Crippen LogP contribution in [-0.4, -0.2) is 31.7 Å². The van der Waals surface area contributed by atoms with Crippen molar-refractivity contribution in [3.05, 3.63) is 35.9 Å². The lowest BCUT2D eigenvalue weighted by atomic mass is 10.1. The van der Waals surface area contributed by atoms with Gasteiger partial charge in [-0.25, -0.2) is 8.42 Å². The summed E-state index contributed by atoms with van der Waals surface area (Å²) in [5.41, 5.74) is 1.77. The zero-order valence-electron chi connectivity index (χ0n) is 16.7. The van der Waals surface area contributed by atoms with E-state index in [-0.39, 0.29) is 34.1 Å². The summed E-state index contributed by atoms with van der Waals surface area (Å²) in [5, 5.41) is 2.92. The number of anilines is 1. The average Bonchev–Trinajstić information content (AvgIpc) is 3.06. The van der Waals surface area contributed by atoms with E-state index in [9.17, 15) is 13.2 Å². The maximum atomic E-state index is 12.6. The molecular weight excluding hydrogens is 348 g/mol. The molecule has 1 aromatic rings. The van der Waals surface area contributed by atoms with Crippen molar-refractivity contribution in [2.45, 2.75) is 52.5 Å². The molecule has 0 aromatic heterocycles. The van der Waals surface area contributed by atoms with Crippen LogP contribution in [0.1, 0.15) is 41.5 Å². The van der Waals surface area contributed by atoms with Crippen LogP contribution in [0.4, 0.5) is 5.69 Å². The summed E-state index contributed by atoms with van der Waals surface area (Å²) in [6.45, 7) is 11.9. The Bertz CT molecular complexity index is 804. The molecule has 2 atom stereocenters. The van der Waals surface area contributed by atoms with Crippen molar-refractivity contribution in [1.82, 2.24) is 4.31 Å².